The Morgan fingerprint density at radius 2 is 1.90 bits per heavy atom. The molecule has 0 saturated carbocycles. The predicted octanol–water partition coefficient (Wildman–Crippen LogP) is 3.93. The number of ether oxygens (including phenoxy) is 3. The molecule has 3 rings (SSSR count). The number of benzene rings is 2. The Morgan fingerprint density at radius 3 is 2.55 bits per heavy atom. The number of nitrogens with one attached hydrogen (secondary N) is 1. The van der Waals surface area contributed by atoms with Crippen LogP contribution < -0.4 is 10.1 Å². The second-order valence-electron chi connectivity index (χ2n) is 6.89. The van der Waals surface area contributed by atoms with E-state index in [9.17, 15) is 9.59 Å². The second-order valence-corrected chi connectivity index (χ2v) is 7.32. The van der Waals surface area contributed by atoms with E-state index < -0.39 is 5.97 Å². The minimum absolute atomic E-state index is 0.133. The number of hydrogen-bond acceptors (Lipinski definition) is 5. The molecular formula is C22H24ClNO5. The van der Waals surface area contributed by atoms with Crippen LogP contribution >= 0.6 is 11.6 Å². The Labute approximate surface area is 175 Å². The van der Waals surface area contributed by atoms with Crippen molar-refractivity contribution in [3.8, 4) is 5.75 Å². The third-order valence-corrected chi connectivity index (χ3v) is 4.88. The normalized spacial score (nSPS) is 16.8. The SMILES string of the molecule is C[C@H](NC(=O)COC(=O)c1ccc(OC[C@@H]2CCCO2)cc1)c1ccc(Cl)cc1. The minimum atomic E-state index is -0.565. The highest BCUT2D eigenvalue weighted by Crippen LogP contribution is 2.18. The van der Waals surface area contributed by atoms with Gasteiger partial charge in [-0.05, 0) is 61.7 Å². The number of carbonyl (C=O) groups is 2. The molecule has 6 nitrogen and oxygen atoms in total. The Morgan fingerprint density at radius 1 is 1.17 bits per heavy atom. The van der Waals surface area contributed by atoms with Crippen LogP contribution in [0, 0.1) is 0 Å². The molecule has 1 aliphatic heterocycles. The Balaban J connectivity index is 1.42. The lowest BCUT2D eigenvalue weighted by molar-refractivity contribution is -0.124. The van der Waals surface area contributed by atoms with Crippen LogP contribution in [-0.4, -0.2) is 37.8 Å². The molecule has 0 bridgehead atoms. The number of esters is 1. The lowest BCUT2D eigenvalue weighted by Gasteiger charge is -2.14. The van der Waals surface area contributed by atoms with Gasteiger partial charge in [0.2, 0.25) is 0 Å². The third-order valence-electron chi connectivity index (χ3n) is 4.63. The van der Waals surface area contributed by atoms with E-state index in [-0.39, 0.29) is 24.7 Å². The van der Waals surface area contributed by atoms with E-state index in [2.05, 4.69) is 5.32 Å². The van der Waals surface area contributed by atoms with Crippen LogP contribution in [-0.2, 0) is 14.3 Å². The molecule has 0 unspecified atom stereocenters. The van der Waals surface area contributed by atoms with Crippen LogP contribution in [0.3, 0.4) is 0 Å². The van der Waals surface area contributed by atoms with Gasteiger partial charge in [-0.1, -0.05) is 23.7 Å². The maximum absolute atomic E-state index is 12.1. The third kappa shape index (κ3) is 6.48. The van der Waals surface area contributed by atoms with Gasteiger partial charge in [0, 0.05) is 11.6 Å². The molecule has 1 aliphatic rings. The maximum Gasteiger partial charge on any atom is 0.338 e. The van der Waals surface area contributed by atoms with E-state index in [1.807, 2.05) is 19.1 Å². The first-order valence-electron chi connectivity index (χ1n) is 9.57. The molecule has 0 spiro atoms. The number of rotatable bonds is 8. The summed E-state index contributed by atoms with van der Waals surface area (Å²) in [5.74, 6) is -0.283. The molecule has 0 aliphatic carbocycles. The molecule has 154 valence electrons. The average molecular weight is 418 g/mol. The number of halogens is 1. The van der Waals surface area contributed by atoms with Gasteiger partial charge in [0.1, 0.15) is 12.4 Å². The van der Waals surface area contributed by atoms with Gasteiger partial charge in [-0.25, -0.2) is 4.79 Å². The zero-order valence-electron chi connectivity index (χ0n) is 16.2. The van der Waals surface area contributed by atoms with Crippen LogP contribution in [0.15, 0.2) is 48.5 Å². The van der Waals surface area contributed by atoms with Crippen molar-refractivity contribution in [2.24, 2.45) is 0 Å². The van der Waals surface area contributed by atoms with Gasteiger partial charge >= 0.3 is 5.97 Å². The summed E-state index contributed by atoms with van der Waals surface area (Å²) in [6.45, 7) is 2.77. The summed E-state index contributed by atoms with van der Waals surface area (Å²) in [4.78, 5) is 24.2. The molecule has 0 aromatic heterocycles. The quantitative estimate of drug-likeness (QED) is 0.659. The molecule has 1 saturated heterocycles. The molecule has 2 aromatic carbocycles. The first-order chi connectivity index (χ1) is 14.0. The molecule has 29 heavy (non-hydrogen) atoms. The predicted molar refractivity (Wildman–Crippen MR) is 109 cm³/mol. The summed E-state index contributed by atoms with van der Waals surface area (Å²) in [5.41, 5.74) is 1.26. The van der Waals surface area contributed by atoms with Crippen molar-refractivity contribution in [1.82, 2.24) is 5.32 Å². The summed E-state index contributed by atoms with van der Waals surface area (Å²) in [6.07, 6.45) is 2.20. The molecule has 1 fully saturated rings. The zero-order chi connectivity index (χ0) is 20.6. The Hall–Kier alpha value is -2.57. The summed E-state index contributed by atoms with van der Waals surface area (Å²) in [6, 6.07) is 13.6. The maximum atomic E-state index is 12.1. The van der Waals surface area contributed by atoms with Crippen LogP contribution in [0.2, 0.25) is 5.02 Å². The van der Waals surface area contributed by atoms with Gasteiger partial charge in [-0.15, -0.1) is 0 Å². The molecular weight excluding hydrogens is 394 g/mol. The Bertz CT molecular complexity index is 816. The monoisotopic (exact) mass is 417 g/mol. The first-order valence-corrected chi connectivity index (χ1v) is 9.95. The second kappa shape index (κ2) is 10.3. The lowest BCUT2D eigenvalue weighted by atomic mass is 10.1. The number of amides is 1. The minimum Gasteiger partial charge on any atom is -0.491 e. The number of hydrogen-bond donors (Lipinski definition) is 1. The zero-order valence-corrected chi connectivity index (χ0v) is 17.0. The summed E-state index contributed by atoms with van der Waals surface area (Å²) in [7, 11) is 0. The fourth-order valence-corrected chi connectivity index (χ4v) is 3.11. The van der Waals surface area contributed by atoms with E-state index in [0.29, 0.717) is 22.9 Å². The summed E-state index contributed by atoms with van der Waals surface area (Å²) < 4.78 is 16.3. The van der Waals surface area contributed by atoms with Crippen LogP contribution in [0.4, 0.5) is 0 Å². The van der Waals surface area contributed by atoms with Crippen LogP contribution in [0.1, 0.15) is 41.7 Å². The highest BCUT2D eigenvalue weighted by molar-refractivity contribution is 6.30. The van der Waals surface area contributed by atoms with Crippen molar-refractivity contribution in [2.45, 2.75) is 31.9 Å². The van der Waals surface area contributed by atoms with Gasteiger partial charge in [-0.3, -0.25) is 4.79 Å². The Kier molecular flexibility index (Phi) is 7.49. The fraction of sp³-hybridized carbons (Fsp3) is 0.364. The van der Waals surface area contributed by atoms with Crippen molar-refractivity contribution >= 4 is 23.5 Å². The number of carbonyl (C=O) groups excluding carboxylic acids is 2. The lowest BCUT2D eigenvalue weighted by Crippen LogP contribution is -2.31. The van der Waals surface area contributed by atoms with E-state index in [4.69, 9.17) is 25.8 Å². The first kappa shape index (κ1) is 21.1. The summed E-state index contributed by atoms with van der Waals surface area (Å²) in [5, 5.41) is 3.41. The van der Waals surface area contributed by atoms with Crippen molar-refractivity contribution in [1.29, 1.82) is 0 Å². The largest absolute Gasteiger partial charge is 0.491 e. The van der Waals surface area contributed by atoms with Crippen molar-refractivity contribution < 1.29 is 23.8 Å². The van der Waals surface area contributed by atoms with E-state index in [1.165, 1.54) is 0 Å². The highest BCUT2D eigenvalue weighted by atomic mass is 35.5. The molecule has 1 heterocycles. The fourth-order valence-electron chi connectivity index (χ4n) is 2.98. The van der Waals surface area contributed by atoms with Gasteiger partial charge in [0.25, 0.3) is 5.91 Å². The molecule has 2 aromatic rings. The molecule has 7 heteroatoms. The van der Waals surface area contributed by atoms with E-state index >= 15 is 0 Å². The van der Waals surface area contributed by atoms with Gasteiger partial charge < -0.3 is 19.5 Å². The average Bonchev–Trinajstić information content (AvgIpc) is 3.25. The smallest absolute Gasteiger partial charge is 0.338 e. The molecule has 0 radical (unpaired) electrons. The van der Waals surface area contributed by atoms with Crippen LogP contribution in [0.5, 0.6) is 5.75 Å². The van der Waals surface area contributed by atoms with Gasteiger partial charge in [0.15, 0.2) is 6.61 Å². The topological polar surface area (TPSA) is 73.9 Å². The molecule has 1 amide bonds. The van der Waals surface area contributed by atoms with E-state index in [1.54, 1.807) is 36.4 Å². The summed E-state index contributed by atoms with van der Waals surface area (Å²) >= 11 is 5.86. The van der Waals surface area contributed by atoms with Crippen molar-refractivity contribution in [2.75, 3.05) is 19.8 Å². The van der Waals surface area contributed by atoms with Crippen molar-refractivity contribution in [3.63, 3.8) is 0 Å². The van der Waals surface area contributed by atoms with Crippen molar-refractivity contribution in [3.05, 3.63) is 64.7 Å². The standard InChI is InChI=1S/C22H24ClNO5/c1-15(16-4-8-18(23)9-5-16)24-21(25)14-29-22(26)17-6-10-19(11-7-17)28-13-20-3-2-12-27-20/h4-11,15,20H,2-3,12-14H2,1H3,(H,24,25)/t15-,20-/m0/s1. The van der Waals surface area contributed by atoms with Crippen LogP contribution in [0.25, 0.3) is 0 Å². The molecule has 2 atom stereocenters. The van der Waals surface area contributed by atoms with E-state index in [0.717, 1.165) is 25.0 Å². The van der Waals surface area contributed by atoms with Gasteiger partial charge in [0.05, 0.1) is 17.7 Å². The molecule has 1 N–H and O–H groups in total. The van der Waals surface area contributed by atoms with Gasteiger partial charge in [-0.2, -0.15) is 0 Å². The highest BCUT2D eigenvalue weighted by Gasteiger charge is 2.16.